The number of imidazole rings is 1. The predicted molar refractivity (Wildman–Crippen MR) is 94.4 cm³/mol. The van der Waals surface area contributed by atoms with E-state index in [4.69, 9.17) is 0 Å². The van der Waals surface area contributed by atoms with Gasteiger partial charge in [0.2, 0.25) is 0 Å². The number of pyridine rings is 1. The molecule has 4 rings (SSSR count). The van der Waals surface area contributed by atoms with Crippen molar-refractivity contribution in [3.8, 4) is 11.4 Å². The van der Waals surface area contributed by atoms with Crippen LogP contribution in [0.1, 0.15) is 5.56 Å². The van der Waals surface area contributed by atoms with Crippen LogP contribution in [0.3, 0.4) is 0 Å². The van der Waals surface area contributed by atoms with Crippen LogP contribution in [-0.2, 0) is 13.6 Å². The second kappa shape index (κ2) is 5.86. The number of nitrogens with zero attached hydrogens (tertiary/aromatic N) is 4. The Morgan fingerprint density at radius 2 is 1.88 bits per heavy atom. The second-order valence-corrected chi connectivity index (χ2v) is 5.74. The summed E-state index contributed by atoms with van der Waals surface area (Å²) in [6, 6.07) is 13.2. The molecule has 7 heteroatoms. The normalized spacial score (nSPS) is 11.1. The van der Waals surface area contributed by atoms with Gasteiger partial charge < -0.3 is 4.57 Å². The lowest BCUT2D eigenvalue weighted by Gasteiger charge is -2.06. The molecule has 0 spiro atoms. The summed E-state index contributed by atoms with van der Waals surface area (Å²) in [5, 5.41) is 0. The lowest BCUT2D eigenvalue weighted by atomic mass is 10.2. The maximum Gasteiger partial charge on any atom is 0.330 e. The first kappa shape index (κ1) is 15.1. The lowest BCUT2D eigenvalue weighted by molar-refractivity contribution is 0.747. The van der Waals surface area contributed by atoms with E-state index in [-0.39, 0.29) is 0 Å². The zero-order valence-electron chi connectivity index (χ0n) is 13.5. The topological polar surface area (TPSA) is 85.6 Å². The average molecular weight is 333 g/mol. The molecule has 0 unspecified atom stereocenters. The molecule has 0 bridgehead atoms. The summed E-state index contributed by atoms with van der Waals surface area (Å²) < 4.78 is 3.16. The number of aromatic amines is 1. The number of aryl methyl sites for hydroxylation is 1. The average Bonchev–Trinajstić information content (AvgIpc) is 2.98. The van der Waals surface area contributed by atoms with E-state index in [0.29, 0.717) is 23.5 Å². The molecular weight excluding hydrogens is 318 g/mol. The Hall–Kier alpha value is -3.48. The molecule has 0 aliphatic heterocycles. The van der Waals surface area contributed by atoms with Crippen molar-refractivity contribution in [3.63, 3.8) is 0 Å². The Bertz CT molecular complexity index is 1160. The Balaban J connectivity index is 1.98. The van der Waals surface area contributed by atoms with E-state index in [1.54, 1.807) is 30.1 Å². The lowest BCUT2D eigenvalue weighted by Crippen LogP contribution is -2.31. The highest BCUT2D eigenvalue weighted by molar-refractivity contribution is 5.76. The van der Waals surface area contributed by atoms with E-state index < -0.39 is 11.2 Å². The van der Waals surface area contributed by atoms with Gasteiger partial charge in [-0.3, -0.25) is 19.3 Å². The van der Waals surface area contributed by atoms with E-state index in [2.05, 4.69) is 15.0 Å². The van der Waals surface area contributed by atoms with E-state index in [1.807, 2.05) is 36.4 Å². The molecule has 3 aromatic heterocycles. The molecule has 1 N–H and O–H groups in total. The van der Waals surface area contributed by atoms with Crippen molar-refractivity contribution in [1.82, 2.24) is 24.1 Å². The number of H-pyrrole nitrogens is 1. The van der Waals surface area contributed by atoms with Gasteiger partial charge in [0.1, 0.15) is 5.82 Å². The van der Waals surface area contributed by atoms with Crippen LogP contribution >= 0.6 is 0 Å². The minimum absolute atomic E-state index is 0.330. The monoisotopic (exact) mass is 333 g/mol. The molecule has 0 amide bonds. The summed E-state index contributed by atoms with van der Waals surface area (Å²) in [7, 11) is 1.75. The maximum absolute atomic E-state index is 12.4. The van der Waals surface area contributed by atoms with Crippen LogP contribution in [0.2, 0.25) is 0 Å². The zero-order chi connectivity index (χ0) is 17.4. The molecule has 3 heterocycles. The highest BCUT2D eigenvalue weighted by atomic mass is 16.2. The van der Waals surface area contributed by atoms with Crippen molar-refractivity contribution in [1.29, 1.82) is 0 Å². The summed E-state index contributed by atoms with van der Waals surface area (Å²) in [6.07, 6.45) is 3.35. The maximum atomic E-state index is 12.4. The molecule has 7 nitrogen and oxygen atoms in total. The molecule has 0 aliphatic carbocycles. The fraction of sp³-hybridized carbons (Fsp3) is 0.111. The number of rotatable bonds is 3. The SMILES string of the molecule is Cn1c(-c2cccnc2)nc2c1c(=O)[nH]c(=O)n2Cc1ccccc1. The second-order valence-electron chi connectivity index (χ2n) is 5.74. The third kappa shape index (κ3) is 2.55. The van der Waals surface area contributed by atoms with E-state index in [9.17, 15) is 9.59 Å². The van der Waals surface area contributed by atoms with Gasteiger partial charge >= 0.3 is 5.69 Å². The molecule has 0 atom stereocenters. The van der Waals surface area contributed by atoms with Gasteiger partial charge in [-0.05, 0) is 17.7 Å². The van der Waals surface area contributed by atoms with Crippen molar-refractivity contribution in [2.45, 2.75) is 6.54 Å². The van der Waals surface area contributed by atoms with Crippen LogP contribution in [-0.4, -0.2) is 24.1 Å². The highest BCUT2D eigenvalue weighted by Crippen LogP contribution is 2.20. The third-order valence-corrected chi connectivity index (χ3v) is 4.12. The summed E-state index contributed by atoms with van der Waals surface area (Å²) in [6.45, 7) is 0.330. The van der Waals surface area contributed by atoms with Crippen molar-refractivity contribution < 1.29 is 0 Å². The van der Waals surface area contributed by atoms with Crippen LogP contribution in [0, 0.1) is 0 Å². The van der Waals surface area contributed by atoms with Gasteiger partial charge in [-0.1, -0.05) is 30.3 Å². The van der Waals surface area contributed by atoms with Gasteiger partial charge in [-0.25, -0.2) is 9.78 Å². The molecular formula is C18H15N5O2. The fourth-order valence-electron chi connectivity index (χ4n) is 2.91. The molecule has 25 heavy (non-hydrogen) atoms. The molecule has 4 aromatic rings. The van der Waals surface area contributed by atoms with Gasteiger partial charge in [0, 0.05) is 25.0 Å². The molecule has 1 aromatic carbocycles. The summed E-state index contributed by atoms with van der Waals surface area (Å²) in [5.41, 5.74) is 1.52. The minimum atomic E-state index is -0.475. The quantitative estimate of drug-likeness (QED) is 0.616. The van der Waals surface area contributed by atoms with Crippen LogP contribution in [0.15, 0.2) is 64.4 Å². The Kier molecular flexibility index (Phi) is 3.53. The Labute approximate surface area is 142 Å². The van der Waals surface area contributed by atoms with E-state index in [0.717, 1.165) is 11.1 Å². The number of hydrogen-bond acceptors (Lipinski definition) is 4. The summed E-state index contributed by atoms with van der Waals surface area (Å²) in [5.74, 6) is 0.584. The molecule has 0 aliphatic rings. The van der Waals surface area contributed by atoms with Gasteiger partial charge in [0.05, 0.1) is 6.54 Å². The molecule has 124 valence electrons. The van der Waals surface area contributed by atoms with Gasteiger partial charge in [-0.15, -0.1) is 0 Å². The molecule has 0 saturated heterocycles. The summed E-state index contributed by atoms with van der Waals surface area (Å²) >= 11 is 0. The number of hydrogen-bond donors (Lipinski definition) is 1. The Morgan fingerprint density at radius 3 is 2.60 bits per heavy atom. The van der Waals surface area contributed by atoms with Crippen molar-refractivity contribution in [2.75, 3.05) is 0 Å². The molecule has 0 fully saturated rings. The number of nitrogens with one attached hydrogen (secondary N) is 1. The smallest absolute Gasteiger partial charge is 0.321 e. The van der Waals surface area contributed by atoms with Crippen LogP contribution in [0.5, 0.6) is 0 Å². The predicted octanol–water partition coefficient (Wildman–Crippen LogP) is 1.53. The van der Waals surface area contributed by atoms with Crippen LogP contribution in [0.25, 0.3) is 22.6 Å². The largest absolute Gasteiger partial charge is 0.330 e. The van der Waals surface area contributed by atoms with Crippen molar-refractivity contribution >= 4 is 11.2 Å². The third-order valence-electron chi connectivity index (χ3n) is 4.12. The molecule has 0 saturated carbocycles. The zero-order valence-corrected chi connectivity index (χ0v) is 13.5. The highest BCUT2D eigenvalue weighted by Gasteiger charge is 2.17. The number of aromatic nitrogens is 5. The van der Waals surface area contributed by atoms with Crippen molar-refractivity contribution in [2.24, 2.45) is 7.05 Å². The summed E-state index contributed by atoms with van der Waals surface area (Å²) in [4.78, 5) is 35.7. The molecule has 0 radical (unpaired) electrons. The van der Waals surface area contributed by atoms with Crippen molar-refractivity contribution in [3.05, 3.63) is 81.3 Å². The van der Waals surface area contributed by atoms with Gasteiger partial charge in [0.25, 0.3) is 5.56 Å². The van der Waals surface area contributed by atoms with Gasteiger partial charge in [0.15, 0.2) is 11.2 Å². The fourth-order valence-corrected chi connectivity index (χ4v) is 2.91. The first-order valence-corrected chi connectivity index (χ1v) is 7.79. The van der Waals surface area contributed by atoms with E-state index >= 15 is 0 Å². The minimum Gasteiger partial charge on any atom is -0.321 e. The van der Waals surface area contributed by atoms with Crippen LogP contribution in [0.4, 0.5) is 0 Å². The first-order valence-electron chi connectivity index (χ1n) is 7.79. The van der Waals surface area contributed by atoms with E-state index in [1.165, 1.54) is 4.57 Å². The van der Waals surface area contributed by atoms with Gasteiger partial charge in [-0.2, -0.15) is 0 Å². The first-order chi connectivity index (χ1) is 12.1. The Morgan fingerprint density at radius 1 is 1.08 bits per heavy atom. The number of fused-ring (bicyclic) bond motifs is 1. The standard InChI is InChI=1S/C18H15N5O2/c1-22-14-16(20-15(22)13-8-5-9-19-10-13)23(18(25)21-17(14)24)11-12-6-3-2-4-7-12/h2-10H,11H2,1H3,(H,21,24,25). The number of benzene rings is 1. The van der Waals surface area contributed by atoms with Crippen LogP contribution < -0.4 is 11.2 Å².